The molecule has 1 saturated heterocycles. The fourth-order valence-electron chi connectivity index (χ4n) is 4.02. The summed E-state index contributed by atoms with van der Waals surface area (Å²) in [6, 6.07) is 1.72. The van der Waals surface area contributed by atoms with Crippen LogP contribution in [-0.2, 0) is 6.54 Å². The van der Waals surface area contributed by atoms with Crippen LogP contribution in [0.25, 0.3) is 0 Å². The maximum atomic E-state index is 12.2. The van der Waals surface area contributed by atoms with Crippen LogP contribution >= 0.6 is 0 Å². The Morgan fingerprint density at radius 3 is 2.80 bits per heavy atom. The molecule has 1 saturated carbocycles. The molecule has 6 nitrogen and oxygen atoms in total. The van der Waals surface area contributed by atoms with Gasteiger partial charge in [0.25, 0.3) is 5.91 Å². The van der Waals surface area contributed by atoms with Gasteiger partial charge in [-0.15, -0.1) is 0 Å². The molecule has 0 bridgehead atoms. The molecule has 6 heteroatoms. The van der Waals surface area contributed by atoms with E-state index in [0.29, 0.717) is 31.1 Å². The number of aromatic nitrogens is 1. The average molecular weight is 349 g/mol. The van der Waals surface area contributed by atoms with E-state index < -0.39 is 0 Å². The lowest BCUT2D eigenvalue weighted by Gasteiger charge is -2.28. The van der Waals surface area contributed by atoms with Gasteiger partial charge in [-0.05, 0) is 31.7 Å². The molecule has 1 amide bonds. The van der Waals surface area contributed by atoms with E-state index >= 15 is 0 Å². The van der Waals surface area contributed by atoms with Crippen molar-refractivity contribution in [3.05, 3.63) is 17.5 Å². The summed E-state index contributed by atoms with van der Waals surface area (Å²) in [5.41, 5.74) is 0.355. The SMILES string of the molecule is O=C(NCCC1CCCCCC1)c1cc(CN2CCCC(O)C2)on1. The monoisotopic (exact) mass is 349 g/mol. The van der Waals surface area contributed by atoms with E-state index in [1.165, 1.54) is 38.5 Å². The van der Waals surface area contributed by atoms with E-state index in [1.807, 2.05) is 0 Å². The van der Waals surface area contributed by atoms with Crippen LogP contribution in [-0.4, -0.2) is 46.8 Å². The number of aliphatic hydroxyl groups excluding tert-OH is 1. The minimum absolute atomic E-state index is 0.151. The quantitative estimate of drug-likeness (QED) is 0.772. The molecule has 0 aromatic carbocycles. The number of amides is 1. The smallest absolute Gasteiger partial charge is 0.273 e. The molecule has 2 fully saturated rings. The Bertz CT molecular complexity index is 538. The van der Waals surface area contributed by atoms with Crippen molar-refractivity contribution in [2.24, 2.45) is 5.92 Å². The van der Waals surface area contributed by atoms with Crippen LogP contribution in [0.15, 0.2) is 10.6 Å². The topological polar surface area (TPSA) is 78.6 Å². The molecule has 25 heavy (non-hydrogen) atoms. The summed E-state index contributed by atoms with van der Waals surface area (Å²) in [5, 5.41) is 16.6. The summed E-state index contributed by atoms with van der Waals surface area (Å²) in [7, 11) is 0. The first-order valence-electron chi connectivity index (χ1n) is 9.85. The zero-order valence-electron chi connectivity index (χ0n) is 15.1. The fourth-order valence-corrected chi connectivity index (χ4v) is 4.02. The predicted molar refractivity (Wildman–Crippen MR) is 95.2 cm³/mol. The van der Waals surface area contributed by atoms with Gasteiger partial charge in [-0.1, -0.05) is 43.7 Å². The van der Waals surface area contributed by atoms with Gasteiger partial charge >= 0.3 is 0 Å². The van der Waals surface area contributed by atoms with E-state index in [2.05, 4.69) is 15.4 Å². The van der Waals surface area contributed by atoms with Crippen molar-refractivity contribution in [2.75, 3.05) is 19.6 Å². The van der Waals surface area contributed by atoms with Crippen molar-refractivity contribution in [2.45, 2.75) is 70.4 Å². The van der Waals surface area contributed by atoms with E-state index in [-0.39, 0.29) is 12.0 Å². The highest BCUT2D eigenvalue weighted by Crippen LogP contribution is 2.24. The molecule has 1 unspecified atom stereocenters. The van der Waals surface area contributed by atoms with Crippen LogP contribution < -0.4 is 5.32 Å². The van der Waals surface area contributed by atoms with Gasteiger partial charge in [0.1, 0.15) is 0 Å². The summed E-state index contributed by atoms with van der Waals surface area (Å²) < 4.78 is 5.30. The number of nitrogens with one attached hydrogen (secondary N) is 1. The third-order valence-corrected chi connectivity index (χ3v) is 5.46. The van der Waals surface area contributed by atoms with Crippen molar-refractivity contribution in [1.29, 1.82) is 0 Å². The summed E-state index contributed by atoms with van der Waals surface area (Å²) in [4.78, 5) is 14.4. The zero-order valence-corrected chi connectivity index (χ0v) is 15.1. The van der Waals surface area contributed by atoms with Gasteiger partial charge in [0.15, 0.2) is 11.5 Å². The molecule has 1 aliphatic heterocycles. The van der Waals surface area contributed by atoms with Crippen LogP contribution in [0.2, 0.25) is 0 Å². The summed E-state index contributed by atoms with van der Waals surface area (Å²) in [6.45, 7) is 2.91. The highest BCUT2D eigenvalue weighted by Gasteiger charge is 2.20. The Labute approximate surface area is 149 Å². The summed E-state index contributed by atoms with van der Waals surface area (Å²) in [6.07, 6.45) is 10.6. The number of hydrogen-bond donors (Lipinski definition) is 2. The number of nitrogens with zero attached hydrogens (tertiary/aromatic N) is 2. The van der Waals surface area contributed by atoms with Crippen LogP contribution in [0.3, 0.4) is 0 Å². The minimum Gasteiger partial charge on any atom is -0.392 e. The molecule has 140 valence electrons. The van der Waals surface area contributed by atoms with Crippen molar-refractivity contribution in [3.8, 4) is 0 Å². The highest BCUT2D eigenvalue weighted by molar-refractivity contribution is 5.92. The Hall–Kier alpha value is -1.40. The number of aliphatic hydroxyl groups is 1. The van der Waals surface area contributed by atoms with Gasteiger partial charge in [-0.2, -0.15) is 0 Å². The molecule has 1 atom stereocenters. The van der Waals surface area contributed by atoms with Gasteiger partial charge in [-0.3, -0.25) is 9.69 Å². The van der Waals surface area contributed by atoms with Crippen molar-refractivity contribution in [1.82, 2.24) is 15.4 Å². The molecule has 2 heterocycles. The van der Waals surface area contributed by atoms with Crippen LogP contribution in [0.5, 0.6) is 0 Å². The highest BCUT2D eigenvalue weighted by atomic mass is 16.5. The molecule has 0 radical (unpaired) electrons. The maximum Gasteiger partial charge on any atom is 0.273 e. The molecule has 1 aromatic rings. The maximum absolute atomic E-state index is 12.2. The second kappa shape index (κ2) is 9.34. The van der Waals surface area contributed by atoms with Gasteiger partial charge in [0.2, 0.25) is 0 Å². The van der Waals surface area contributed by atoms with Crippen LogP contribution in [0.1, 0.15) is 74.0 Å². The van der Waals surface area contributed by atoms with E-state index in [9.17, 15) is 9.90 Å². The van der Waals surface area contributed by atoms with E-state index in [4.69, 9.17) is 4.52 Å². The molecule has 2 aliphatic rings. The second-order valence-corrected chi connectivity index (χ2v) is 7.61. The molecule has 1 aromatic heterocycles. The third kappa shape index (κ3) is 5.82. The van der Waals surface area contributed by atoms with Gasteiger partial charge in [0, 0.05) is 19.2 Å². The normalized spacial score (nSPS) is 23.3. The zero-order chi connectivity index (χ0) is 17.5. The number of piperidine rings is 1. The van der Waals surface area contributed by atoms with Gasteiger partial charge < -0.3 is 14.9 Å². The second-order valence-electron chi connectivity index (χ2n) is 7.61. The lowest BCUT2D eigenvalue weighted by Crippen LogP contribution is -2.37. The Balaban J connectivity index is 1.41. The molecule has 1 aliphatic carbocycles. The first kappa shape index (κ1) is 18.4. The van der Waals surface area contributed by atoms with Crippen LogP contribution in [0, 0.1) is 5.92 Å². The third-order valence-electron chi connectivity index (χ3n) is 5.46. The Kier molecular flexibility index (Phi) is 6.87. The molecule has 2 N–H and O–H groups in total. The number of hydrogen-bond acceptors (Lipinski definition) is 5. The molecule has 3 rings (SSSR count). The number of likely N-dealkylation sites (tertiary alicyclic amines) is 1. The summed E-state index contributed by atoms with van der Waals surface area (Å²) >= 11 is 0. The van der Waals surface area contributed by atoms with E-state index in [0.717, 1.165) is 31.7 Å². The number of β-amino-alcohol motifs (C(OH)–C–C–N with tert-alkyl or cyclic N) is 1. The molecule has 0 spiro atoms. The Morgan fingerprint density at radius 2 is 2.04 bits per heavy atom. The van der Waals surface area contributed by atoms with Crippen molar-refractivity contribution in [3.63, 3.8) is 0 Å². The lowest BCUT2D eigenvalue weighted by atomic mass is 9.97. The average Bonchev–Trinajstić information content (AvgIpc) is 2.90. The molecular weight excluding hydrogens is 318 g/mol. The van der Waals surface area contributed by atoms with Crippen molar-refractivity contribution >= 4 is 5.91 Å². The fraction of sp³-hybridized carbons (Fsp3) is 0.789. The number of carbonyl (C=O) groups excluding carboxylic acids is 1. The minimum atomic E-state index is -0.261. The standard InChI is InChI=1S/C19H31N3O3/c23-16-8-5-11-22(13-16)14-17-12-18(21-25-17)19(24)20-10-9-15-6-3-1-2-4-7-15/h12,15-16,23H,1-11,13-14H2,(H,20,24). The van der Waals surface area contributed by atoms with Gasteiger partial charge in [-0.25, -0.2) is 0 Å². The predicted octanol–water partition coefficient (Wildman–Crippen LogP) is 2.72. The van der Waals surface area contributed by atoms with Crippen molar-refractivity contribution < 1.29 is 14.4 Å². The molecular formula is C19H31N3O3. The largest absolute Gasteiger partial charge is 0.392 e. The first-order valence-corrected chi connectivity index (χ1v) is 9.85. The van der Waals surface area contributed by atoms with Gasteiger partial charge in [0.05, 0.1) is 12.6 Å². The van der Waals surface area contributed by atoms with E-state index in [1.54, 1.807) is 6.07 Å². The number of carbonyl (C=O) groups is 1. The first-order chi connectivity index (χ1) is 12.2. The number of rotatable bonds is 6. The summed E-state index contributed by atoms with van der Waals surface area (Å²) in [5.74, 6) is 1.28. The van der Waals surface area contributed by atoms with Crippen LogP contribution in [0.4, 0.5) is 0 Å². The lowest BCUT2D eigenvalue weighted by molar-refractivity contribution is 0.0622. The Morgan fingerprint density at radius 1 is 1.24 bits per heavy atom.